The van der Waals surface area contributed by atoms with Gasteiger partial charge in [-0.15, -0.1) is 0 Å². The van der Waals surface area contributed by atoms with Crippen molar-refractivity contribution in [1.29, 1.82) is 0 Å². The van der Waals surface area contributed by atoms with Gasteiger partial charge in [0.25, 0.3) is 5.91 Å². The number of hydrogen-bond acceptors (Lipinski definition) is 3. The Morgan fingerprint density at radius 1 is 0.963 bits per heavy atom. The van der Waals surface area contributed by atoms with E-state index in [1.54, 1.807) is 6.20 Å². The predicted molar refractivity (Wildman–Crippen MR) is 113 cm³/mol. The zero-order valence-corrected chi connectivity index (χ0v) is 16.8. The summed E-state index contributed by atoms with van der Waals surface area (Å²) in [5, 5.41) is 3.02. The van der Waals surface area contributed by atoms with E-state index in [1.165, 1.54) is 32.2 Å². The van der Waals surface area contributed by atoms with Crippen LogP contribution < -0.4 is 5.32 Å². The molecule has 1 heterocycles. The van der Waals surface area contributed by atoms with Crippen molar-refractivity contribution in [3.63, 3.8) is 0 Å². The highest BCUT2D eigenvalue weighted by Gasteiger charge is 2.06. The second-order valence-electron chi connectivity index (χ2n) is 7.12. The van der Waals surface area contributed by atoms with Crippen molar-refractivity contribution in [3.05, 3.63) is 54.2 Å². The highest BCUT2D eigenvalue weighted by Crippen LogP contribution is 2.16. The Morgan fingerprint density at radius 2 is 1.70 bits per heavy atom. The molecule has 4 heteroatoms. The first-order valence-corrected chi connectivity index (χ1v) is 10.2. The molecule has 27 heavy (non-hydrogen) atoms. The molecule has 0 aliphatic carbocycles. The maximum absolute atomic E-state index is 12.3. The summed E-state index contributed by atoms with van der Waals surface area (Å²) in [6.45, 7) is 5.24. The second-order valence-corrected chi connectivity index (χ2v) is 7.12. The van der Waals surface area contributed by atoms with Crippen molar-refractivity contribution in [2.75, 3.05) is 26.7 Å². The van der Waals surface area contributed by atoms with Gasteiger partial charge in [0, 0.05) is 23.9 Å². The standard InChI is InChI=1S/C23H33N3O/c1-3-4-5-9-18-26(2)19-10-8-17-25-23(27)21-14-12-20(13-15-21)22-11-6-7-16-24-22/h6-7,11-16H,3-5,8-10,17-19H2,1-2H3,(H,25,27). The maximum Gasteiger partial charge on any atom is 0.251 e. The molecule has 0 saturated heterocycles. The number of pyridine rings is 1. The van der Waals surface area contributed by atoms with E-state index < -0.39 is 0 Å². The van der Waals surface area contributed by atoms with Crippen LogP contribution in [0.15, 0.2) is 48.7 Å². The van der Waals surface area contributed by atoms with Gasteiger partial charge < -0.3 is 10.2 Å². The van der Waals surface area contributed by atoms with Crippen LogP contribution in [0.3, 0.4) is 0 Å². The Kier molecular flexibility index (Phi) is 9.56. The molecule has 0 bridgehead atoms. The number of rotatable bonds is 12. The van der Waals surface area contributed by atoms with Gasteiger partial charge in [-0.3, -0.25) is 9.78 Å². The van der Waals surface area contributed by atoms with E-state index in [9.17, 15) is 4.79 Å². The minimum absolute atomic E-state index is 0.00417. The average Bonchev–Trinajstić information content (AvgIpc) is 2.71. The molecule has 2 aromatic rings. The average molecular weight is 368 g/mol. The summed E-state index contributed by atoms with van der Waals surface area (Å²) in [4.78, 5) is 19.0. The monoisotopic (exact) mass is 367 g/mol. The zero-order valence-electron chi connectivity index (χ0n) is 16.8. The molecule has 1 aromatic carbocycles. The molecule has 0 aliphatic heterocycles. The lowest BCUT2D eigenvalue weighted by atomic mass is 10.1. The molecule has 1 N–H and O–H groups in total. The van der Waals surface area contributed by atoms with Crippen LogP contribution in [0, 0.1) is 0 Å². The van der Waals surface area contributed by atoms with E-state index in [0.29, 0.717) is 5.56 Å². The van der Waals surface area contributed by atoms with E-state index in [2.05, 4.69) is 29.2 Å². The lowest BCUT2D eigenvalue weighted by Crippen LogP contribution is -2.26. The zero-order chi connectivity index (χ0) is 19.3. The van der Waals surface area contributed by atoms with Crippen LogP contribution in [0.1, 0.15) is 55.8 Å². The molecule has 0 spiro atoms. The lowest BCUT2D eigenvalue weighted by Gasteiger charge is -2.16. The number of aromatic nitrogens is 1. The number of benzene rings is 1. The number of hydrogen-bond donors (Lipinski definition) is 1. The third kappa shape index (κ3) is 7.92. The first-order chi connectivity index (χ1) is 13.2. The molecule has 0 aliphatic rings. The van der Waals surface area contributed by atoms with E-state index in [1.807, 2.05) is 42.5 Å². The van der Waals surface area contributed by atoms with Crippen molar-refractivity contribution < 1.29 is 4.79 Å². The quantitative estimate of drug-likeness (QED) is 0.550. The highest BCUT2D eigenvalue weighted by atomic mass is 16.1. The Balaban J connectivity index is 1.63. The van der Waals surface area contributed by atoms with Gasteiger partial charge >= 0.3 is 0 Å². The summed E-state index contributed by atoms with van der Waals surface area (Å²) >= 11 is 0. The second kappa shape index (κ2) is 12.2. The minimum atomic E-state index is -0.00417. The number of unbranched alkanes of at least 4 members (excludes halogenated alkanes) is 4. The SMILES string of the molecule is CCCCCCN(C)CCCCNC(=O)c1ccc(-c2ccccn2)cc1. The van der Waals surface area contributed by atoms with Crippen LogP contribution in [-0.2, 0) is 0 Å². The molecule has 0 radical (unpaired) electrons. The highest BCUT2D eigenvalue weighted by molar-refractivity contribution is 5.94. The Bertz CT molecular complexity index is 655. The van der Waals surface area contributed by atoms with Gasteiger partial charge in [-0.2, -0.15) is 0 Å². The van der Waals surface area contributed by atoms with E-state index in [-0.39, 0.29) is 5.91 Å². The van der Waals surface area contributed by atoms with Crippen LogP contribution in [0.25, 0.3) is 11.3 Å². The van der Waals surface area contributed by atoms with Crippen LogP contribution in [0.4, 0.5) is 0 Å². The molecular weight excluding hydrogens is 334 g/mol. The van der Waals surface area contributed by atoms with Crippen LogP contribution in [0.5, 0.6) is 0 Å². The van der Waals surface area contributed by atoms with Gasteiger partial charge in [-0.05, 0) is 63.7 Å². The largest absolute Gasteiger partial charge is 0.352 e. The molecule has 0 fully saturated rings. The van der Waals surface area contributed by atoms with Crippen molar-refractivity contribution in [3.8, 4) is 11.3 Å². The van der Waals surface area contributed by atoms with Crippen LogP contribution >= 0.6 is 0 Å². The number of carbonyl (C=O) groups is 1. The number of nitrogens with zero attached hydrogens (tertiary/aromatic N) is 2. The predicted octanol–water partition coefficient (Wildman–Crippen LogP) is 4.77. The topological polar surface area (TPSA) is 45.2 Å². The normalized spacial score (nSPS) is 10.9. The van der Waals surface area contributed by atoms with Gasteiger partial charge in [-0.1, -0.05) is 44.4 Å². The molecule has 2 rings (SSSR count). The van der Waals surface area contributed by atoms with E-state index in [4.69, 9.17) is 0 Å². The van der Waals surface area contributed by atoms with Gasteiger partial charge in [-0.25, -0.2) is 0 Å². The fourth-order valence-electron chi connectivity index (χ4n) is 3.06. The van der Waals surface area contributed by atoms with Gasteiger partial charge in [0.15, 0.2) is 0 Å². The molecule has 4 nitrogen and oxygen atoms in total. The summed E-state index contributed by atoms with van der Waals surface area (Å²) in [5.41, 5.74) is 2.64. The van der Waals surface area contributed by atoms with Crippen molar-refractivity contribution in [2.45, 2.75) is 45.4 Å². The fourth-order valence-corrected chi connectivity index (χ4v) is 3.06. The van der Waals surface area contributed by atoms with Gasteiger partial charge in [0.05, 0.1) is 5.69 Å². The minimum Gasteiger partial charge on any atom is -0.352 e. The Morgan fingerprint density at radius 3 is 2.37 bits per heavy atom. The van der Waals surface area contributed by atoms with Crippen LogP contribution in [-0.4, -0.2) is 42.5 Å². The van der Waals surface area contributed by atoms with Crippen LogP contribution in [0.2, 0.25) is 0 Å². The number of carbonyl (C=O) groups excluding carboxylic acids is 1. The first-order valence-electron chi connectivity index (χ1n) is 10.2. The molecule has 0 unspecified atom stereocenters. The maximum atomic E-state index is 12.3. The molecular formula is C23H33N3O. The van der Waals surface area contributed by atoms with Crippen molar-refractivity contribution in [2.24, 2.45) is 0 Å². The van der Waals surface area contributed by atoms with E-state index in [0.717, 1.165) is 37.2 Å². The number of amides is 1. The fraction of sp³-hybridized carbons (Fsp3) is 0.478. The summed E-state index contributed by atoms with van der Waals surface area (Å²) in [6.07, 6.45) is 9.14. The third-order valence-corrected chi connectivity index (χ3v) is 4.75. The Labute approximate surface area is 164 Å². The number of nitrogens with one attached hydrogen (secondary N) is 1. The van der Waals surface area contributed by atoms with Gasteiger partial charge in [0.2, 0.25) is 0 Å². The molecule has 1 amide bonds. The summed E-state index contributed by atoms with van der Waals surface area (Å²) < 4.78 is 0. The molecule has 146 valence electrons. The van der Waals surface area contributed by atoms with Gasteiger partial charge in [0.1, 0.15) is 0 Å². The summed E-state index contributed by atoms with van der Waals surface area (Å²) in [5.74, 6) is -0.00417. The molecule has 0 atom stereocenters. The lowest BCUT2D eigenvalue weighted by molar-refractivity contribution is 0.0952. The molecule has 1 aromatic heterocycles. The summed E-state index contributed by atoms with van der Waals surface area (Å²) in [6, 6.07) is 13.5. The third-order valence-electron chi connectivity index (χ3n) is 4.75. The van der Waals surface area contributed by atoms with Crippen molar-refractivity contribution >= 4 is 5.91 Å². The Hall–Kier alpha value is -2.20. The smallest absolute Gasteiger partial charge is 0.251 e. The van der Waals surface area contributed by atoms with Crippen molar-refractivity contribution in [1.82, 2.24) is 15.2 Å². The van der Waals surface area contributed by atoms with E-state index >= 15 is 0 Å². The molecule has 0 saturated carbocycles. The first kappa shape index (κ1) is 21.1. The summed E-state index contributed by atoms with van der Waals surface area (Å²) in [7, 11) is 2.19.